The third-order valence-corrected chi connectivity index (χ3v) is 2.48. The fourth-order valence-corrected chi connectivity index (χ4v) is 2.04. The van der Waals surface area contributed by atoms with Crippen LogP contribution in [0.3, 0.4) is 0 Å². The van der Waals surface area contributed by atoms with Crippen LogP contribution in [0.15, 0.2) is 0 Å². The summed E-state index contributed by atoms with van der Waals surface area (Å²) < 4.78 is 4.70. The molecule has 0 aliphatic heterocycles. The van der Waals surface area contributed by atoms with E-state index in [1.165, 1.54) is 7.11 Å². The summed E-state index contributed by atoms with van der Waals surface area (Å²) in [5, 5.41) is 0. The van der Waals surface area contributed by atoms with Crippen molar-refractivity contribution < 1.29 is 14.3 Å². The van der Waals surface area contributed by atoms with Gasteiger partial charge in [0.05, 0.1) is 6.42 Å². The Kier molecular flexibility index (Phi) is 6.41. The Balaban J connectivity index is 4.33. The molecular weight excluding hydrogens is 192 g/mol. The second-order valence-electron chi connectivity index (χ2n) is 4.63. The van der Waals surface area contributed by atoms with Crippen LogP contribution in [0.5, 0.6) is 0 Å². The molecule has 0 unspecified atom stereocenters. The van der Waals surface area contributed by atoms with E-state index in [1.54, 1.807) is 0 Å². The summed E-state index contributed by atoms with van der Waals surface area (Å²) in [4.78, 5) is 23.1. The summed E-state index contributed by atoms with van der Waals surface area (Å²) >= 11 is 0. The van der Waals surface area contributed by atoms with Crippen LogP contribution in [0.25, 0.3) is 0 Å². The Morgan fingerprint density at radius 1 is 1.07 bits per heavy atom. The second kappa shape index (κ2) is 6.72. The maximum absolute atomic E-state index is 11.8. The largest absolute Gasteiger partial charge is 0.377 e. The number of rotatable bonds is 7. The van der Waals surface area contributed by atoms with Crippen molar-refractivity contribution in [2.75, 3.05) is 13.7 Å². The average Bonchev–Trinajstić information content (AvgIpc) is 2.01. The van der Waals surface area contributed by atoms with E-state index in [0.717, 1.165) is 0 Å². The topological polar surface area (TPSA) is 43.4 Å². The number of hydrogen-bond acceptors (Lipinski definition) is 3. The molecule has 3 nitrogen and oxygen atoms in total. The first-order chi connectivity index (χ1) is 6.90. The van der Waals surface area contributed by atoms with Gasteiger partial charge in [0, 0.05) is 13.0 Å². The van der Waals surface area contributed by atoms with Gasteiger partial charge in [-0.15, -0.1) is 0 Å². The molecule has 0 aromatic heterocycles. The highest BCUT2D eigenvalue weighted by Crippen LogP contribution is 2.22. The molecule has 0 heterocycles. The highest BCUT2D eigenvalue weighted by molar-refractivity contribution is 6.00. The van der Waals surface area contributed by atoms with Crippen molar-refractivity contribution in [3.8, 4) is 0 Å². The van der Waals surface area contributed by atoms with Crippen molar-refractivity contribution in [1.29, 1.82) is 0 Å². The molecule has 0 atom stereocenters. The van der Waals surface area contributed by atoms with Gasteiger partial charge in [-0.1, -0.05) is 27.7 Å². The second-order valence-corrected chi connectivity index (χ2v) is 4.63. The maximum atomic E-state index is 11.8. The maximum Gasteiger partial charge on any atom is 0.165 e. The Morgan fingerprint density at radius 3 is 1.87 bits per heavy atom. The zero-order valence-corrected chi connectivity index (χ0v) is 10.4. The summed E-state index contributed by atoms with van der Waals surface area (Å²) in [7, 11) is 1.46. The van der Waals surface area contributed by atoms with E-state index < -0.39 is 0 Å². The minimum Gasteiger partial charge on any atom is -0.377 e. The zero-order chi connectivity index (χ0) is 12.0. The minimum atomic E-state index is -0.131. The van der Waals surface area contributed by atoms with Gasteiger partial charge in [0.1, 0.15) is 12.4 Å². The van der Waals surface area contributed by atoms with E-state index in [2.05, 4.69) is 0 Å². The van der Waals surface area contributed by atoms with Gasteiger partial charge in [-0.25, -0.2) is 0 Å². The molecule has 0 rings (SSSR count). The Morgan fingerprint density at radius 2 is 1.53 bits per heavy atom. The van der Waals surface area contributed by atoms with Crippen molar-refractivity contribution in [3.63, 3.8) is 0 Å². The van der Waals surface area contributed by atoms with Gasteiger partial charge < -0.3 is 4.74 Å². The van der Waals surface area contributed by atoms with Crippen LogP contribution in [0.4, 0.5) is 0 Å². The van der Waals surface area contributed by atoms with Crippen molar-refractivity contribution in [2.45, 2.75) is 34.1 Å². The first kappa shape index (κ1) is 14.3. The molecule has 0 fully saturated rings. The lowest BCUT2D eigenvalue weighted by Crippen LogP contribution is -2.28. The van der Waals surface area contributed by atoms with Gasteiger partial charge in [0.15, 0.2) is 5.78 Å². The van der Waals surface area contributed by atoms with Crippen LogP contribution in [-0.2, 0) is 14.3 Å². The van der Waals surface area contributed by atoms with Gasteiger partial charge in [0.2, 0.25) is 0 Å². The summed E-state index contributed by atoms with van der Waals surface area (Å²) in [6, 6.07) is 0. The fraction of sp³-hybridized carbons (Fsp3) is 0.833. The van der Waals surface area contributed by atoms with Crippen LogP contribution in [0.1, 0.15) is 34.1 Å². The molecule has 0 aliphatic rings. The van der Waals surface area contributed by atoms with Gasteiger partial charge in [0.25, 0.3) is 0 Å². The Hall–Kier alpha value is -0.700. The molecule has 0 aromatic carbocycles. The Bertz CT molecular complexity index is 211. The summed E-state index contributed by atoms with van der Waals surface area (Å²) in [6.07, 6.45) is 0.00880. The van der Waals surface area contributed by atoms with E-state index in [-0.39, 0.29) is 42.3 Å². The molecule has 0 aromatic rings. The minimum absolute atomic E-state index is 0.00880. The molecule has 0 bridgehead atoms. The number of methoxy groups -OCH3 is 1. The zero-order valence-electron chi connectivity index (χ0n) is 10.4. The molecule has 0 saturated carbocycles. The number of carbonyl (C=O) groups excluding carboxylic acids is 2. The third kappa shape index (κ3) is 5.07. The number of Topliss-reactive ketones (excluding diaryl/α,β-unsaturated/α-hetero) is 2. The molecule has 0 aliphatic carbocycles. The SMILES string of the molecule is COCC(=O)CC(=O)C(C(C)C)C(C)C. The van der Waals surface area contributed by atoms with Gasteiger partial charge in [-0.2, -0.15) is 0 Å². The molecule has 88 valence electrons. The number of ether oxygens (including phenoxy) is 1. The highest BCUT2D eigenvalue weighted by atomic mass is 16.5. The molecule has 15 heavy (non-hydrogen) atoms. The summed E-state index contributed by atoms with van der Waals surface area (Å²) in [5.74, 6) is 0.461. The third-order valence-electron chi connectivity index (χ3n) is 2.48. The van der Waals surface area contributed by atoms with E-state index in [0.29, 0.717) is 0 Å². The van der Waals surface area contributed by atoms with E-state index in [9.17, 15) is 9.59 Å². The van der Waals surface area contributed by atoms with Crippen LogP contribution in [0.2, 0.25) is 0 Å². The molecule has 0 N–H and O–H groups in total. The Labute approximate surface area is 92.2 Å². The smallest absolute Gasteiger partial charge is 0.165 e. The summed E-state index contributed by atoms with van der Waals surface area (Å²) in [5.41, 5.74) is 0. The molecular formula is C12H22O3. The predicted molar refractivity (Wildman–Crippen MR) is 59.7 cm³/mol. The standard InChI is InChI=1S/C12H22O3/c1-8(2)12(9(3)4)11(14)6-10(13)7-15-5/h8-9,12H,6-7H2,1-5H3. The van der Waals surface area contributed by atoms with Crippen molar-refractivity contribution >= 4 is 11.6 Å². The van der Waals surface area contributed by atoms with Gasteiger partial charge in [-0.05, 0) is 11.8 Å². The lowest BCUT2D eigenvalue weighted by atomic mass is 9.81. The van der Waals surface area contributed by atoms with Gasteiger partial charge >= 0.3 is 0 Å². The van der Waals surface area contributed by atoms with E-state index in [1.807, 2.05) is 27.7 Å². The number of ketones is 2. The first-order valence-corrected chi connectivity index (χ1v) is 5.43. The monoisotopic (exact) mass is 214 g/mol. The average molecular weight is 214 g/mol. The van der Waals surface area contributed by atoms with Crippen LogP contribution in [-0.4, -0.2) is 25.3 Å². The van der Waals surface area contributed by atoms with Crippen molar-refractivity contribution in [3.05, 3.63) is 0 Å². The lowest BCUT2D eigenvalue weighted by Gasteiger charge is -2.22. The van der Waals surface area contributed by atoms with E-state index >= 15 is 0 Å². The normalized spacial score (nSPS) is 11.5. The quantitative estimate of drug-likeness (QED) is 0.609. The lowest BCUT2D eigenvalue weighted by molar-refractivity contribution is -0.132. The predicted octanol–water partition coefficient (Wildman–Crippen LogP) is 2.09. The molecule has 0 spiro atoms. The fourth-order valence-electron chi connectivity index (χ4n) is 2.04. The molecule has 0 saturated heterocycles. The molecule has 0 radical (unpaired) electrons. The van der Waals surface area contributed by atoms with Crippen molar-refractivity contribution in [2.24, 2.45) is 17.8 Å². The van der Waals surface area contributed by atoms with Crippen molar-refractivity contribution in [1.82, 2.24) is 0 Å². The van der Waals surface area contributed by atoms with Crippen LogP contribution >= 0.6 is 0 Å². The first-order valence-electron chi connectivity index (χ1n) is 5.43. The van der Waals surface area contributed by atoms with Gasteiger partial charge in [-0.3, -0.25) is 9.59 Å². The highest BCUT2D eigenvalue weighted by Gasteiger charge is 2.26. The number of carbonyl (C=O) groups is 2. The van der Waals surface area contributed by atoms with E-state index in [4.69, 9.17) is 4.74 Å². The van der Waals surface area contributed by atoms with Crippen LogP contribution < -0.4 is 0 Å². The molecule has 0 amide bonds. The van der Waals surface area contributed by atoms with Crippen LogP contribution in [0, 0.1) is 17.8 Å². The summed E-state index contributed by atoms with van der Waals surface area (Å²) in [6.45, 7) is 8.11. The number of hydrogen-bond donors (Lipinski definition) is 0. The molecule has 3 heteroatoms.